The van der Waals surface area contributed by atoms with Crippen molar-refractivity contribution in [3.63, 3.8) is 0 Å². The van der Waals surface area contributed by atoms with Crippen molar-refractivity contribution in [1.29, 1.82) is 5.26 Å². The van der Waals surface area contributed by atoms with E-state index in [0.29, 0.717) is 25.8 Å². The maximum atomic E-state index is 12.1. The lowest BCUT2D eigenvalue weighted by Crippen LogP contribution is -2.40. The Hall–Kier alpha value is -1.08. The van der Waals surface area contributed by atoms with Crippen molar-refractivity contribution in [2.75, 3.05) is 6.54 Å². The van der Waals surface area contributed by atoms with E-state index in [2.05, 4.69) is 11.4 Å². The summed E-state index contributed by atoms with van der Waals surface area (Å²) in [7, 11) is 0. The quantitative estimate of drug-likeness (QED) is 0.620. The van der Waals surface area contributed by atoms with Crippen LogP contribution in [-0.2, 0) is 4.79 Å². The lowest BCUT2D eigenvalue weighted by atomic mass is 9.80. The molecule has 0 aliphatic rings. The van der Waals surface area contributed by atoms with E-state index >= 15 is 0 Å². The number of amides is 1. The fourth-order valence-corrected chi connectivity index (χ4v) is 2.14. The van der Waals surface area contributed by atoms with E-state index in [4.69, 9.17) is 5.11 Å². The largest absolute Gasteiger partial charge is 0.393 e. The first-order chi connectivity index (χ1) is 8.52. The lowest BCUT2D eigenvalue weighted by Gasteiger charge is -2.24. The van der Waals surface area contributed by atoms with Gasteiger partial charge in [0, 0.05) is 6.54 Å². The van der Waals surface area contributed by atoms with Gasteiger partial charge in [-0.15, -0.1) is 0 Å². The van der Waals surface area contributed by atoms with Crippen LogP contribution in [0.4, 0.5) is 0 Å². The molecule has 0 bridgehead atoms. The summed E-state index contributed by atoms with van der Waals surface area (Å²) < 4.78 is 0. The molecule has 0 saturated heterocycles. The molecule has 4 heteroatoms. The van der Waals surface area contributed by atoms with Crippen molar-refractivity contribution >= 4 is 5.91 Å². The molecule has 2 N–H and O–H groups in total. The number of hydrogen-bond acceptors (Lipinski definition) is 3. The molecule has 0 aliphatic heterocycles. The molecule has 1 atom stereocenters. The minimum Gasteiger partial charge on any atom is -0.393 e. The standard InChI is InChI=1S/C14H26N2O2/c1-4-8-14(11-15,9-5-2)13(18)16-10-6-7-12(3)17/h12,17H,4-10H2,1-3H3,(H,16,18). The number of aliphatic hydroxyl groups is 1. The summed E-state index contributed by atoms with van der Waals surface area (Å²) in [6, 6.07) is 2.21. The maximum Gasteiger partial charge on any atom is 0.240 e. The highest BCUT2D eigenvalue weighted by atomic mass is 16.3. The summed E-state index contributed by atoms with van der Waals surface area (Å²) in [4.78, 5) is 12.1. The first kappa shape index (κ1) is 16.9. The highest BCUT2D eigenvalue weighted by molar-refractivity contribution is 5.85. The molecule has 0 aliphatic carbocycles. The van der Waals surface area contributed by atoms with E-state index in [1.165, 1.54) is 0 Å². The lowest BCUT2D eigenvalue weighted by molar-refractivity contribution is -0.128. The first-order valence-electron chi connectivity index (χ1n) is 6.90. The molecular formula is C14H26N2O2. The molecule has 0 heterocycles. The summed E-state index contributed by atoms with van der Waals surface area (Å²) in [6.45, 7) is 6.24. The van der Waals surface area contributed by atoms with Gasteiger partial charge in [0.05, 0.1) is 12.2 Å². The zero-order valence-corrected chi connectivity index (χ0v) is 11.8. The number of hydrogen-bond donors (Lipinski definition) is 2. The Morgan fingerprint density at radius 2 is 1.94 bits per heavy atom. The fraction of sp³-hybridized carbons (Fsp3) is 0.857. The van der Waals surface area contributed by atoms with Crippen molar-refractivity contribution in [3.05, 3.63) is 0 Å². The van der Waals surface area contributed by atoms with E-state index in [9.17, 15) is 10.1 Å². The third-order valence-electron chi connectivity index (χ3n) is 3.09. The zero-order chi connectivity index (χ0) is 14.0. The van der Waals surface area contributed by atoms with Gasteiger partial charge in [-0.1, -0.05) is 26.7 Å². The molecule has 1 unspecified atom stereocenters. The van der Waals surface area contributed by atoms with Gasteiger partial charge in [0.1, 0.15) is 5.41 Å². The van der Waals surface area contributed by atoms with Crippen molar-refractivity contribution in [2.45, 2.75) is 65.4 Å². The number of carbonyl (C=O) groups excluding carboxylic acids is 1. The van der Waals surface area contributed by atoms with E-state index in [1.54, 1.807) is 6.92 Å². The van der Waals surface area contributed by atoms with Crippen LogP contribution in [0, 0.1) is 16.7 Å². The molecule has 0 saturated carbocycles. The number of carbonyl (C=O) groups is 1. The Kier molecular flexibility index (Phi) is 8.40. The van der Waals surface area contributed by atoms with Crippen LogP contribution in [0.1, 0.15) is 59.3 Å². The second-order valence-corrected chi connectivity index (χ2v) is 4.94. The molecule has 0 radical (unpaired) electrons. The van der Waals surface area contributed by atoms with Crippen LogP contribution in [0.15, 0.2) is 0 Å². The van der Waals surface area contributed by atoms with Gasteiger partial charge >= 0.3 is 0 Å². The van der Waals surface area contributed by atoms with Crippen molar-refractivity contribution in [1.82, 2.24) is 5.32 Å². The van der Waals surface area contributed by atoms with Crippen LogP contribution < -0.4 is 5.32 Å². The van der Waals surface area contributed by atoms with E-state index in [0.717, 1.165) is 19.3 Å². The SMILES string of the molecule is CCCC(C#N)(CCC)C(=O)NCCCC(C)O. The third-order valence-corrected chi connectivity index (χ3v) is 3.09. The van der Waals surface area contributed by atoms with Crippen molar-refractivity contribution in [2.24, 2.45) is 5.41 Å². The number of nitrogens with one attached hydrogen (secondary N) is 1. The predicted octanol–water partition coefficient (Wildman–Crippen LogP) is 2.37. The third kappa shape index (κ3) is 5.50. The van der Waals surface area contributed by atoms with Crippen molar-refractivity contribution < 1.29 is 9.90 Å². The highest BCUT2D eigenvalue weighted by Crippen LogP contribution is 2.29. The van der Waals surface area contributed by atoms with Gasteiger partial charge in [0.2, 0.25) is 5.91 Å². The van der Waals surface area contributed by atoms with Crippen molar-refractivity contribution in [3.8, 4) is 6.07 Å². The van der Waals surface area contributed by atoms with E-state index in [-0.39, 0.29) is 12.0 Å². The second-order valence-electron chi connectivity index (χ2n) is 4.94. The van der Waals surface area contributed by atoms with Gasteiger partial charge < -0.3 is 10.4 Å². The Morgan fingerprint density at radius 1 is 1.39 bits per heavy atom. The number of rotatable bonds is 9. The average Bonchev–Trinajstić information content (AvgIpc) is 2.33. The molecule has 0 aromatic carbocycles. The highest BCUT2D eigenvalue weighted by Gasteiger charge is 2.36. The normalized spacial score (nSPS) is 12.8. The van der Waals surface area contributed by atoms with Crippen LogP contribution in [0.5, 0.6) is 0 Å². The topological polar surface area (TPSA) is 73.1 Å². The average molecular weight is 254 g/mol. The molecular weight excluding hydrogens is 228 g/mol. The fourth-order valence-electron chi connectivity index (χ4n) is 2.14. The molecule has 1 amide bonds. The van der Waals surface area contributed by atoms with Crippen LogP contribution in [0.2, 0.25) is 0 Å². The first-order valence-corrected chi connectivity index (χ1v) is 6.90. The van der Waals surface area contributed by atoms with E-state index in [1.807, 2.05) is 13.8 Å². The van der Waals surface area contributed by atoms with Gasteiger partial charge in [-0.25, -0.2) is 0 Å². The summed E-state index contributed by atoms with van der Waals surface area (Å²) >= 11 is 0. The maximum absolute atomic E-state index is 12.1. The van der Waals surface area contributed by atoms with Crippen LogP contribution in [-0.4, -0.2) is 23.7 Å². The summed E-state index contributed by atoms with van der Waals surface area (Å²) in [5.74, 6) is -0.153. The number of nitriles is 1. The summed E-state index contributed by atoms with van der Waals surface area (Å²) in [6.07, 6.45) is 3.95. The molecule has 0 aromatic rings. The predicted molar refractivity (Wildman–Crippen MR) is 71.8 cm³/mol. The smallest absolute Gasteiger partial charge is 0.240 e. The molecule has 0 spiro atoms. The molecule has 4 nitrogen and oxygen atoms in total. The molecule has 0 fully saturated rings. The second kappa shape index (κ2) is 8.93. The Bertz CT molecular complexity index is 276. The van der Waals surface area contributed by atoms with Gasteiger partial charge in [0.15, 0.2) is 0 Å². The summed E-state index contributed by atoms with van der Waals surface area (Å²) in [5, 5.41) is 21.3. The molecule has 104 valence electrons. The van der Waals surface area contributed by atoms with Gasteiger partial charge in [-0.2, -0.15) is 5.26 Å². The van der Waals surface area contributed by atoms with Gasteiger partial charge in [-0.05, 0) is 32.6 Å². The van der Waals surface area contributed by atoms with Gasteiger partial charge in [-0.3, -0.25) is 4.79 Å². The molecule has 0 aromatic heterocycles. The summed E-state index contributed by atoms with van der Waals surface area (Å²) in [5.41, 5.74) is -0.867. The van der Waals surface area contributed by atoms with Crippen LogP contribution >= 0.6 is 0 Å². The van der Waals surface area contributed by atoms with Gasteiger partial charge in [0.25, 0.3) is 0 Å². The zero-order valence-electron chi connectivity index (χ0n) is 11.8. The Balaban J connectivity index is 4.34. The Labute approximate surface area is 110 Å². The number of aliphatic hydroxyl groups excluding tert-OH is 1. The van der Waals surface area contributed by atoms with Crippen LogP contribution in [0.3, 0.4) is 0 Å². The Morgan fingerprint density at radius 3 is 2.33 bits per heavy atom. The van der Waals surface area contributed by atoms with E-state index < -0.39 is 5.41 Å². The monoisotopic (exact) mass is 254 g/mol. The minimum absolute atomic E-state index is 0.153. The minimum atomic E-state index is -0.867. The van der Waals surface area contributed by atoms with Crippen LogP contribution in [0.25, 0.3) is 0 Å². The molecule has 18 heavy (non-hydrogen) atoms. The number of nitrogens with zero attached hydrogens (tertiary/aromatic N) is 1. The molecule has 0 rings (SSSR count).